The zero-order valence-electron chi connectivity index (χ0n) is 8.38. The first-order valence-corrected chi connectivity index (χ1v) is 5.02. The van der Waals surface area contributed by atoms with Crippen LogP contribution in [0.15, 0.2) is 0 Å². The summed E-state index contributed by atoms with van der Waals surface area (Å²) in [6.07, 6.45) is 3.09. The number of rotatable bonds is 4. The van der Waals surface area contributed by atoms with Gasteiger partial charge < -0.3 is 10.4 Å². The minimum absolute atomic E-state index is 0.0336. The maximum absolute atomic E-state index is 9.07. The van der Waals surface area contributed by atoms with Crippen molar-refractivity contribution in [1.82, 2.24) is 5.32 Å². The van der Waals surface area contributed by atoms with Crippen molar-refractivity contribution < 1.29 is 5.11 Å². The maximum Gasteiger partial charge on any atom is 0.0570 e. The lowest BCUT2D eigenvalue weighted by molar-refractivity contribution is 0.0576. The predicted molar refractivity (Wildman–Crippen MR) is 51.1 cm³/mol. The molecular formula is C10H21NO. The molecule has 0 aromatic rings. The fourth-order valence-corrected chi connectivity index (χ4v) is 1.90. The average molecular weight is 171 g/mol. The summed E-state index contributed by atoms with van der Waals surface area (Å²) in [4.78, 5) is 0. The molecule has 0 aliphatic heterocycles. The Hall–Kier alpha value is -0.0800. The molecule has 2 N–H and O–H groups in total. The van der Waals surface area contributed by atoms with E-state index in [1.54, 1.807) is 0 Å². The molecule has 0 aromatic carbocycles. The van der Waals surface area contributed by atoms with Gasteiger partial charge in [-0.05, 0) is 32.1 Å². The molecule has 1 saturated carbocycles. The number of hydrogen-bond donors (Lipinski definition) is 2. The van der Waals surface area contributed by atoms with Crippen LogP contribution >= 0.6 is 0 Å². The molecular weight excluding hydrogens is 150 g/mol. The zero-order chi connectivity index (χ0) is 9.14. The highest BCUT2D eigenvalue weighted by atomic mass is 16.3. The Labute approximate surface area is 75.4 Å². The van der Waals surface area contributed by atoms with Gasteiger partial charge in [0.1, 0.15) is 0 Å². The Bertz CT molecular complexity index is 130. The van der Waals surface area contributed by atoms with Crippen LogP contribution in [-0.2, 0) is 0 Å². The normalized spacial score (nSPS) is 31.8. The Morgan fingerprint density at radius 1 is 1.33 bits per heavy atom. The van der Waals surface area contributed by atoms with E-state index in [0.29, 0.717) is 12.1 Å². The molecule has 12 heavy (non-hydrogen) atoms. The van der Waals surface area contributed by atoms with Crippen molar-refractivity contribution in [3.05, 3.63) is 0 Å². The lowest BCUT2D eigenvalue weighted by Gasteiger charge is -2.34. The van der Waals surface area contributed by atoms with Gasteiger partial charge in [-0.1, -0.05) is 13.8 Å². The number of hydrogen-bond acceptors (Lipinski definition) is 2. The van der Waals surface area contributed by atoms with E-state index >= 15 is 0 Å². The summed E-state index contributed by atoms with van der Waals surface area (Å²) in [5.41, 5.74) is 0. The summed E-state index contributed by atoms with van der Waals surface area (Å²) in [6.45, 7) is 6.71. The van der Waals surface area contributed by atoms with E-state index in [1.807, 2.05) is 0 Å². The fraction of sp³-hybridized carbons (Fsp3) is 1.00. The molecule has 72 valence electrons. The standard InChI is InChI=1S/C10H21NO/c1-7(2)4-8(3)11-9-5-10(12)6-9/h7-12H,4-6H2,1-3H3. The van der Waals surface area contributed by atoms with E-state index in [4.69, 9.17) is 5.11 Å². The molecule has 0 bridgehead atoms. The van der Waals surface area contributed by atoms with Crippen LogP contribution in [0.4, 0.5) is 0 Å². The van der Waals surface area contributed by atoms with Crippen LogP contribution in [0.3, 0.4) is 0 Å². The minimum Gasteiger partial charge on any atom is -0.393 e. The van der Waals surface area contributed by atoms with Crippen molar-refractivity contribution in [2.24, 2.45) is 5.92 Å². The third-order valence-electron chi connectivity index (χ3n) is 2.46. The fourth-order valence-electron chi connectivity index (χ4n) is 1.90. The van der Waals surface area contributed by atoms with Crippen LogP contribution in [0.2, 0.25) is 0 Å². The van der Waals surface area contributed by atoms with Crippen molar-refractivity contribution in [3.63, 3.8) is 0 Å². The lowest BCUT2D eigenvalue weighted by Crippen LogP contribution is -2.47. The quantitative estimate of drug-likeness (QED) is 0.672. The summed E-state index contributed by atoms with van der Waals surface area (Å²) in [5.74, 6) is 0.762. The second kappa shape index (κ2) is 4.24. The molecule has 0 radical (unpaired) electrons. The number of aliphatic hydroxyl groups excluding tert-OH is 1. The van der Waals surface area contributed by atoms with Gasteiger partial charge >= 0.3 is 0 Å². The Morgan fingerprint density at radius 3 is 2.33 bits per heavy atom. The molecule has 1 rings (SSSR count). The Kier molecular flexibility index (Phi) is 3.53. The topological polar surface area (TPSA) is 32.3 Å². The molecule has 0 heterocycles. The number of aliphatic hydroxyl groups is 1. The van der Waals surface area contributed by atoms with E-state index in [-0.39, 0.29) is 6.10 Å². The predicted octanol–water partition coefficient (Wildman–Crippen LogP) is 1.53. The van der Waals surface area contributed by atoms with Gasteiger partial charge in [0.2, 0.25) is 0 Å². The van der Waals surface area contributed by atoms with Crippen molar-refractivity contribution in [2.75, 3.05) is 0 Å². The summed E-state index contributed by atoms with van der Waals surface area (Å²) >= 11 is 0. The van der Waals surface area contributed by atoms with Crippen molar-refractivity contribution >= 4 is 0 Å². The van der Waals surface area contributed by atoms with Crippen LogP contribution in [0, 0.1) is 5.92 Å². The van der Waals surface area contributed by atoms with E-state index in [0.717, 1.165) is 18.8 Å². The third-order valence-corrected chi connectivity index (χ3v) is 2.46. The lowest BCUT2D eigenvalue weighted by atomic mass is 9.88. The van der Waals surface area contributed by atoms with Crippen molar-refractivity contribution in [1.29, 1.82) is 0 Å². The molecule has 1 aliphatic carbocycles. The molecule has 1 fully saturated rings. The van der Waals surface area contributed by atoms with Gasteiger partial charge in [0.25, 0.3) is 0 Å². The first-order valence-electron chi connectivity index (χ1n) is 5.02. The summed E-state index contributed by atoms with van der Waals surface area (Å²) in [7, 11) is 0. The molecule has 0 saturated heterocycles. The van der Waals surface area contributed by atoms with E-state index in [1.165, 1.54) is 6.42 Å². The molecule has 0 spiro atoms. The highest BCUT2D eigenvalue weighted by Gasteiger charge is 2.27. The SMILES string of the molecule is CC(C)CC(C)NC1CC(O)C1. The molecule has 1 aliphatic rings. The molecule has 1 atom stereocenters. The van der Waals surface area contributed by atoms with E-state index < -0.39 is 0 Å². The molecule has 0 aromatic heterocycles. The van der Waals surface area contributed by atoms with Crippen LogP contribution in [0.25, 0.3) is 0 Å². The van der Waals surface area contributed by atoms with Gasteiger partial charge in [0.05, 0.1) is 6.10 Å². The summed E-state index contributed by atoms with van der Waals surface area (Å²) < 4.78 is 0. The third kappa shape index (κ3) is 3.11. The van der Waals surface area contributed by atoms with Crippen molar-refractivity contribution in [3.8, 4) is 0 Å². The second-order valence-electron chi connectivity index (χ2n) is 4.52. The maximum atomic E-state index is 9.07. The number of nitrogens with one attached hydrogen (secondary N) is 1. The van der Waals surface area contributed by atoms with Crippen LogP contribution in [-0.4, -0.2) is 23.3 Å². The van der Waals surface area contributed by atoms with Gasteiger partial charge in [-0.25, -0.2) is 0 Å². The summed E-state index contributed by atoms with van der Waals surface area (Å²) in [5, 5.41) is 12.6. The first-order chi connectivity index (χ1) is 5.58. The second-order valence-corrected chi connectivity index (χ2v) is 4.52. The van der Waals surface area contributed by atoms with Crippen LogP contribution < -0.4 is 5.32 Å². The Morgan fingerprint density at radius 2 is 1.92 bits per heavy atom. The van der Waals surface area contributed by atoms with Crippen molar-refractivity contribution in [2.45, 2.75) is 58.2 Å². The highest BCUT2D eigenvalue weighted by Crippen LogP contribution is 2.20. The smallest absolute Gasteiger partial charge is 0.0570 e. The van der Waals surface area contributed by atoms with Gasteiger partial charge in [0, 0.05) is 12.1 Å². The van der Waals surface area contributed by atoms with E-state index in [9.17, 15) is 0 Å². The molecule has 2 nitrogen and oxygen atoms in total. The van der Waals surface area contributed by atoms with Gasteiger partial charge in [0.15, 0.2) is 0 Å². The van der Waals surface area contributed by atoms with Crippen LogP contribution in [0.1, 0.15) is 40.0 Å². The highest BCUT2D eigenvalue weighted by molar-refractivity contribution is 4.86. The monoisotopic (exact) mass is 171 g/mol. The zero-order valence-corrected chi connectivity index (χ0v) is 8.38. The average Bonchev–Trinajstić information content (AvgIpc) is 1.82. The first kappa shape index (κ1) is 10.0. The molecule has 0 amide bonds. The summed E-state index contributed by atoms with van der Waals surface area (Å²) in [6, 6.07) is 1.18. The van der Waals surface area contributed by atoms with Gasteiger partial charge in [-0.15, -0.1) is 0 Å². The van der Waals surface area contributed by atoms with Gasteiger partial charge in [-0.2, -0.15) is 0 Å². The largest absolute Gasteiger partial charge is 0.393 e. The van der Waals surface area contributed by atoms with Gasteiger partial charge in [-0.3, -0.25) is 0 Å². The van der Waals surface area contributed by atoms with E-state index in [2.05, 4.69) is 26.1 Å². The minimum atomic E-state index is -0.0336. The molecule has 2 heteroatoms. The molecule has 1 unspecified atom stereocenters. The van der Waals surface area contributed by atoms with Crippen LogP contribution in [0.5, 0.6) is 0 Å². The Balaban J connectivity index is 2.06.